The van der Waals surface area contributed by atoms with Gasteiger partial charge >= 0.3 is 11.9 Å². The molecule has 0 spiro atoms. The Balaban J connectivity index is 2.01. The Kier molecular flexibility index (Phi) is 6.46. The number of benzene rings is 1. The maximum Gasteiger partial charge on any atom is 0.341 e. The zero-order chi connectivity index (χ0) is 19.3. The molecule has 0 saturated heterocycles. The van der Waals surface area contributed by atoms with E-state index in [2.05, 4.69) is 5.32 Å². The van der Waals surface area contributed by atoms with Crippen LogP contribution in [0.15, 0.2) is 24.3 Å². The molecule has 0 atom stereocenters. The highest BCUT2D eigenvalue weighted by atomic mass is 32.1. The number of aryl methyl sites for hydroxylation is 1. The molecule has 0 radical (unpaired) electrons. The minimum Gasteiger partial charge on any atom is -0.462 e. The summed E-state index contributed by atoms with van der Waals surface area (Å²) in [6, 6.07) is 4.78. The van der Waals surface area contributed by atoms with Crippen LogP contribution in [0.1, 0.15) is 38.1 Å². The Labute approximate surface area is 153 Å². The number of ether oxygens (including phenoxy) is 2. The molecule has 0 fully saturated rings. The summed E-state index contributed by atoms with van der Waals surface area (Å²) in [5, 5.41) is 2.92. The molecule has 1 aromatic heterocycles. The second-order valence-electron chi connectivity index (χ2n) is 5.34. The first-order valence-corrected chi connectivity index (χ1v) is 8.64. The number of amides is 1. The molecular formula is C18H18FNO5S. The normalized spacial score (nSPS) is 10.3. The van der Waals surface area contributed by atoms with Gasteiger partial charge in [0.25, 0.3) is 5.91 Å². The van der Waals surface area contributed by atoms with Crippen molar-refractivity contribution in [3.63, 3.8) is 0 Å². The molecule has 1 aromatic carbocycles. The number of thiophene rings is 1. The largest absolute Gasteiger partial charge is 0.462 e. The van der Waals surface area contributed by atoms with Gasteiger partial charge in [-0.3, -0.25) is 4.79 Å². The average molecular weight is 379 g/mol. The van der Waals surface area contributed by atoms with Crippen LogP contribution in [0.25, 0.3) is 0 Å². The quantitative estimate of drug-likeness (QED) is 0.777. The number of halogens is 1. The third kappa shape index (κ3) is 4.66. The summed E-state index contributed by atoms with van der Waals surface area (Å²) in [6.07, 6.45) is 0. The van der Waals surface area contributed by atoms with E-state index in [4.69, 9.17) is 9.47 Å². The fourth-order valence-corrected chi connectivity index (χ4v) is 3.19. The number of esters is 2. The first-order valence-electron chi connectivity index (χ1n) is 7.83. The van der Waals surface area contributed by atoms with Crippen molar-refractivity contribution in [2.24, 2.45) is 0 Å². The van der Waals surface area contributed by atoms with Gasteiger partial charge in [-0.05, 0) is 50.6 Å². The Hall–Kier alpha value is -2.74. The molecule has 138 valence electrons. The van der Waals surface area contributed by atoms with Crippen LogP contribution in [0, 0.1) is 19.7 Å². The van der Waals surface area contributed by atoms with E-state index in [0.717, 1.165) is 22.6 Å². The lowest BCUT2D eigenvalue weighted by atomic mass is 10.1. The molecule has 26 heavy (non-hydrogen) atoms. The number of hydrogen-bond acceptors (Lipinski definition) is 6. The van der Waals surface area contributed by atoms with Gasteiger partial charge in [-0.1, -0.05) is 0 Å². The lowest BCUT2D eigenvalue weighted by Crippen LogP contribution is -2.21. The highest BCUT2D eigenvalue weighted by Gasteiger charge is 2.22. The average Bonchev–Trinajstić information content (AvgIpc) is 2.87. The van der Waals surface area contributed by atoms with Crippen molar-refractivity contribution in [2.75, 3.05) is 18.5 Å². The number of hydrogen-bond donors (Lipinski definition) is 1. The third-order valence-electron chi connectivity index (χ3n) is 3.53. The number of anilines is 1. The molecule has 2 rings (SSSR count). The number of carbonyl (C=O) groups excluding carboxylic acids is 3. The molecule has 1 amide bonds. The smallest absolute Gasteiger partial charge is 0.341 e. The Morgan fingerprint density at radius 1 is 1.08 bits per heavy atom. The fraction of sp³-hybridized carbons (Fsp3) is 0.278. The lowest BCUT2D eigenvalue weighted by Gasteiger charge is -2.08. The van der Waals surface area contributed by atoms with Crippen molar-refractivity contribution in [1.82, 2.24) is 0 Å². The third-order valence-corrected chi connectivity index (χ3v) is 4.65. The van der Waals surface area contributed by atoms with Crippen LogP contribution in [-0.2, 0) is 14.3 Å². The zero-order valence-corrected chi connectivity index (χ0v) is 15.4. The predicted molar refractivity (Wildman–Crippen MR) is 95.1 cm³/mol. The van der Waals surface area contributed by atoms with E-state index in [0.29, 0.717) is 10.6 Å². The van der Waals surface area contributed by atoms with Gasteiger partial charge < -0.3 is 14.8 Å². The van der Waals surface area contributed by atoms with Crippen molar-refractivity contribution in [3.05, 3.63) is 51.7 Å². The second kappa shape index (κ2) is 8.57. The van der Waals surface area contributed by atoms with Gasteiger partial charge in [-0.15, -0.1) is 11.3 Å². The molecule has 1 N–H and O–H groups in total. The monoisotopic (exact) mass is 379 g/mol. The maximum absolute atomic E-state index is 12.8. The van der Waals surface area contributed by atoms with E-state index in [1.54, 1.807) is 13.8 Å². The maximum atomic E-state index is 12.8. The molecule has 0 aliphatic heterocycles. The van der Waals surface area contributed by atoms with Gasteiger partial charge in [0.15, 0.2) is 6.61 Å². The summed E-state index contributed by atoms with van der Waals surface area (Å²) < 4.78 is 22.8. The van der Waals surface area contributed by atoms with Crippen molar-refractivity contribution in [2.45, 2.75) is 20.8 Å². The van der Waals surface area contributed by atoms with Crippen LogP contribution in [-0.4, -0.2) is 31.1 Å². The summed E-state index contributed by atoms with van der Waals surface area (Å²) in [5.41, 5.74) is 1.16. The molecule has 2 aromatic rings. The minimum atomic E-state index is -0.746. The van der Waals surface area contributed by atoms with Crippen molar-refractivity contribution in [1.29, 1.82) is 0 Å². The van der Waals surface area contributed by atoms with Crippen molar-refractivity contribution < 1.29 is 28.2 Å². The zero-order valence-electron chi connectivity index (χ0n) is 14.6. The van der Waals surface area contributed by atoms with Crippen LogP contribution in [0.5, 0.6) is 0 Å². The minimum absolute atomic E-state index is 0.134. The Bertz CT molecular complexity index is 829. The molecule has 0 unspecified atom stereocenters. The molecule has 0 bridgehead atoms. The van der Waals surface area contributed by atoms with Gasteiger partial charge in [-0.25, -0.2) is 14.0 Å². The Morgan fingerprint density at radius 2 is 1.73 bits per heavy atom. The number of nitrogens with one attached hydrogen (secondary N) is 1. The van der Waals surface area contributed by atoms with Gasteiger partial charge in [0.05, 0.1) is 17.7 Å². The summed E-state index contributed by atoms with van der Waals surface area (Å²) in [4.78, 5) is 36.8. The van der Waals surface area contributed by atoms with Crippen molar-refractivity contribution in [3.8, 4) is 0 Å². The van der Waals surface area contributed by atoms with E-state index in [1.807, 2.05) is 6.92 Å². The highest BCUT2D eigenvalue weighted by molar-refractivity contribution is 7.16. The first kappa shape index (κ1) is 19.6. The summed E-state index contributed by atoms with van der Waals surface area (Å²) >= 11 is 1.24. The Morgan fingerprint density at radius 3 is 2.35 bits per heavy atom. The van der Waals surface area contributed by atoms with E-state index < -0.39 is 30.3 Å². The molecule has 6 nitrogen and oxygen atoms in total. The second-order valence-corrected chi connectivity index (χ2v) is 6.56. The summed E-state index contributed by atoms with van der Waals surface area (Å²) in [5.74, 6) is -2.33. The fourth-order valence-electron chi connectivity index (χ4n) is 2.13. The van der Waals surface area contributed by atoms with E-state index in [1.165, 1.54) is 23.5 Å². The molecule has 0 saturated carbocycles. The summed E-state index contributed by atoms with van der Waals surface area (Å²) in [7, 11) is 0. The van der Waals surface area contributed by atoms with Gasteiger partial charge in [-0.2, -0.15) is 0 Å². The van der Waals surface area contributed by atoms with E-state index in [9.17, 15) is 18.8 Å². The standard InChI is InChI=1S/C18H18FNO5S/c1-4-24-18(23)15-10(2)11(3)26-16(15)20-14(21)9-25-17(22)12-5-7-13(19)8-6-12/h5-8H,4,9H2,1-3H3,(H,20,21). The number of carbonyl (C=O) groups is 3. The molecule has 1 heterocycles. The van der Waals surface area contributed by atoms with Crippen LogP contribution in [0.4, 0.5) is 9.39 Å². The highest BCUT2D eigenvalue weighted by Crippen LogP contribution is 2.33. The molecular weight excluding hydrogens is 361 g/mol. The molecule has 0 aliphatic rings. The van der Waals surface area contributed by atoms with Crippen LogP contribution in [0.2, 0.25) is 0 Å². The molecule has 0 aliphatic carbocycles. The SMILES string of the molecule is CCOC(=O)c1c(NC(=O)COC(=O)c2ccc(F)cc2)sc(C)c1C. The van der Waals surface area contributed by atoms with Crippen LogP contribution < -0.4 is 5.32 Å². The topological polar surface area (TPSA) is 81.7 Å². The first-order chi connectivity index (χ1) is 12.3. The van der Waals surface area contributed by atoms with E-state index >= 15 is 0 Å². The van der Waals surface area contributed by atoms with E-state index in [-0.39, 0.29) is 12.2 Å². The van der Waals surface area contributed by atoms with Crippen LogP contribution in [0.3, 0.4) is 0 Å². The molecule has 8 heteroatoms. The van der Waals surface area contributed by atoms with Gasteiger partial charge in [0.1, 0.15) is 10.8 Å². The van der Waals surface area contributed by atoms with Gasteiger partial charge in [0, 0.05) is 4.88 Å². The summed E-state index contributed by atoms with van der Waals surface area (Å²) in [6.45, 7) is 4.97. The predicted octanol–water partition coefficient (Wildman–Crippen LogP) is 3.48. The number of rotatable bonds is 6. The van der Waals surface area contributed by atoms with Crippen molar-refractivity contribution >= 4 is 34.2 Å². The van der Waals surface area contributed by atoms with Gasteiger partial charge in [0.2, 0.25) is 0 Å². The van der Waals surface area contributed by atoms with Crippen LogP contribution >= 0.6 is 11.3 Å². The lowest BCUT2D eigenvalue weighted by molar-refractivity contribution is -0.119.